The average Bonchev–Trinajstić information content (AvgIpc) is 2.95. The number of carboxylic acids is 1. The van der Waals surface area contributed by atoms with Crippen LogP contribution >= 0.6 is 0 Å². The van der Waals surface area contributed by atoms with Crippen LogP contribution in [-0.4, -0.2) is 38.3 Å². The molecule has 0 radical (unpaired) electrons. The summed E-state index contributed by atoms with van der Waals surface area (Å²) in [6.45, 7) is 0.787. The van der Waals surface area contributed by atoms with Crippen LogP contribution in [0.5, 0.6) is 0 Å². The number of aryl methyl sites for hydroxylation is 1. The molecule has 1 aromatic rings. The molecule has 0 aromatic carbocycles. The second-order valence-electron chi connectivity index (χ2n) is 6.32. The van der Waals surface area contributed by atoms with E-state index in [0.717, 1.165) is 38.0 Å². The molecule has 1 aliphatic heterocycles. The lowest BCUT2D eigenvalue weighted by Crippen LogP contribution is -2.42. The number of aromatic nitrogens is 3. The summed E-state index contributed by atoms with van der Waals surface area (Å²) in [6, 6.07) is 0.336. The van der Waals surface area contributed by atoms with Gasteiger partial charge in [-0.25, -0.2) is 4.68 Å². The minimum absolute atomic E-state index is 0.0499. The molecule has 2 heterocycles. The van der Waals surface area contributed by atoms with Crippen LogP contribution in [0, 0.1) is 0 Å². The molecule has 1 atom stereocenters. The first-order valence-corrected chi connectivity index (χ1v) is 7.93. The molecule has 1 aromatic heterocycles. The Hall–Kier alpha value is -1.43. The quantitative estimate of drug-likeness (QED) is 0.922. The number of carboxylic acid groups (broad SMARTS) is 1. The van der Waals surface area contributed by atoms with E-state index in [1.807, 2.05) is 10.9 Å². The number of carbonyl (C=O) groups is 1. The molecule has 6 nitrogen and oxygen atoms in total. The van der Waals surface area contributed by atoms with Crippen molar-refractivity contribution in [3.05, 3.63) is 11.9 Å². The summed E-state index contributed by atoms with van der Waals surface area (Å²) in [6.07, 6.45) is 10.6. The summed E-state index contributed by atoms with van der Waals surface area (Å²) in [5.41, 5.74) is 0.815. The maximum Gasteiger partial charge on any atom is 0.303 e. The van der Waals surface area contributed by atoms with E-state index >= 15 is 0 Å². The fraction of sp³-hybridized carbons (Fsp3) is 0.800. The van der Waals surface area contributed by atoms with E-state index in [-0.39, 0.29) is 12.0 Å². The van der Waals surface area contributed by atoms with Gasteiger partial charge in [-0.05, 0) is 25.7 Å². The lowest BCUT2D eigenvalue weighted by atomic mass is 9.78. The van der Waals surface area contributed by atoms with E-state index in [1.165, 1.54) is 19.3 Å². The van der Waals surface area contributed by atoms with Crippen molar-refractivity contribution in [1.29, 1.82) is 0 Å². The molecule has 0 amide bonds. The predicted molar refractivity (Wildman–Crippen MR) is 76.0 cm³/mol. The molecule has 1 aliphatic carbocycles. The van der Waals surface area contributed by atoms with Crippen molar-refractivity contribution in [1.82, 2.24) is 15.0 Å². The Morgan fingerprint density at radius 1 is 1.43 bits per heavy atom. The van der Waals surface area contributed by atoms with Gasteiger partial charge >= 0.3 is 5.97 Å². The molecule has 21 heavy (non-hydrogen) atoms. The first-order chi connectivity index (χ1) is 10.2. The van der Waals surface area contributed by atoms with Crippen LogP contribution in [0.25, 0.3) is 0 Å². The molecule has 6 heteroatoms. The SMILES string of the molecule is O=C(O)CCc1cn(C2CCOC3(CCCCC3)C2)nn1. The molecular formula is C15H23N3O3. The minimum atomic E-state index is -0.795. The van der Waals surface area contributed by atoms with Crippen LogP contribution in [0.4, 0.5) is 0 Å². The number of nitrogens with zero attached hydrogens (tertiary/aromatic N) is 3. The van der Waals surface area contributed by atoms with Crippen LogP contribution in [-0.2, 0) is 16.0 Å². The normalized spacial score (nSPS) is 25.0. The predicted octanol–water partition coefficient (Wildman–Crippen LogP) is 2.35. The van der Waals surface area contributed by atoms with E-state index < -0.39 is 5.97 Å². The third-order valence-corrected chi connectivity index (χ3v) is 4.76. The van der Waals surface area contributed by atoms with Crippen molar-refractivity contribution in [3.63, 3.8) is 0 Å². The fourth-order valence-electron chi connectivity index (χ4n) is 3.61. The number of hydrogen-bond acceptors (Lipinski definition) is 4. The molecule has 1 spiro atoms. The first kappa shape index (κ1) is 14.5. The Kier molecular flexibility index (Phi) is 4.24. The second kappa shape index (κ2) is 6.13. The fourth-order valence-corrected chi connectivity index (χ4v) is 3.61. The van der Waals surface area contributed by atoms with Crippen LogP contribution in [0.1, 0.15) is 63.1 Å². The Bertz CT molecular complexity index is 489. The highest BCUT2D eigenvalue weighted by molar-refractivity contribution is 5.66. The summed E-state index contributed by atoms with van der Waals surface area (Å²) in [4.78, 5) is 10.6. The molecule has 2 fully saturated rings. The summed E-state index contributed by atoms with van der Waals surface area (Å²) >= 11 is 0. The maximum absolute atomic E-state index is 10.6. The van der Waals surface area contributed by atoms with Crippen molar-refractivity contribution < 1.29 is 14.6 Å². The molecular weight excluding hydrogens is 270 g/mol. The molecule has 1 saturated carbocycles. The van der Waals surface area contributed by atoms with E-state index in [2.05, 4.69) is 10.3 Å². The molecule has 0 bridgehead atoms. The molecule has 2 aliphatic rings. The van der Waals surface area contributed by atoms with Crippen molar-refractivity contribution in [2.45, 2.75) is 69.4 Å². The molecule has 116 valence electrons. The lowest BCUT2D eigenvalue weighted by molar-refractivity contribution is -0.136. The monoisotopic (exact) mass is 293 g/mol. The Labute approximate surface area is 124 Å². The number of rotatable bonds is 4. The molecule has 1 saturated heterocycles. The van der Waals surface area contributed by atoms with Crippen LogP contribution in [0.15, 0.2) is 6.20 Å². The van der Waals surface area contributed by atoms with E-state index in [9.17, 15) is 4.79 Å². The van der Waals surface area contributed by atoms with Gasteiger partial charge in [0.1, 0.15) is 0 Å². The van der Waals surface area contributed by atoms with Gasteiger partial charge in [0.05, 0.1) is 23.8 Å². The highest BCUT2D eigenvalue weighted by atomic mass is 16.5. The smallest absolute Gasteiger partial charge is 0.303 e. The van der Waals surface area contributed by atoms with Gasteiger partial charge in [-0.1, -0.05) is 24.5 Å². The Morgan fingerprint density at radius 3 is 3.00 bits per heavy atom. The Balaban J connectivity index is 1.64. The molecule has 1 unspecified atom stereocenters. The van der Waals surface area contributed by atoms with Gasteiger partial charge in [0.25, 0.3) is 0 Å². The van der Waals surface area contributed by atoms with Crippen molar-refractivity contribution in [2.24, 2.45) is 0 Å². The van der Waals surface area contributed by atoms with Gasteiger partial charge in [-0.15, -0.1) is 5.10 Å². The highest BCUT2D eigenvalue weighted by Gasteiger charge is 2.39. The van der Waals surface area contributed by atoms with Gasteiger partial charge in [-0.3, -0.25) is 4.79 Å². The van der Waals surface area contributed by atoms with Crippen LogP contribution in [0.2, 0.25) is 0 Å². The van der Waals surface area contributed by atoms with Crippen molar-refractivity contribution in [3.8, 4) is 0 Å². The minimum Gasteiger partial charge on any atom is -0.481 e. The molecule has 3 rings (SSSR count). The Morgan fingerprint density at radius 2 is 2.24 bits per heavy atom. The van der Waals surface area contributed by atoms with E-state index in [0.29, 0.717) is 12.5 Å². The standard InChI is InChI=1S/C15H23N3O3/c19-14(20)5-4-12-11-18(17-16-12)13-6-9-21-15(10-13)7-2-1-3-8-15/h11,13H,1-10H2,(H,19,20). The summed E-state index contributed by atoms with van der Waals surface area (Å²) in [5.74, 6) is -0.795. The second-order valence-corrected chi connectivity index (χ2v) is 6.32. The topological polar surface area (TPSA) is 77.2 Å². The van der Waals surface area contributed by atoms with Gasteiger partial charge in [0, 0.05) is 19.2 Å². The number of aliphatic carboxylic acids is 1. The first-order valence-electron chi connectivity index (χ1n) is 7.93. The summed E-state index contributed by atoms with van der Waals surface area (Å²) < 4.78 is 8.03. The lowest BCUT2D eigenvalue weighted by Gasteiger charge is -2.43. The van der Waals surface area contributed by atoms with Gasteiger partial charge in [0.15, 0.2) is 0 Å². The van der Waals surface area contributed by atoms with Crippen molar-refractivity contribution in [2.75, 3.05) is 6.61 Å². The zero-order valence-corrected chi connectivity index (χ0v) is 12.3. The zero-order valence-electron chi connectivity index (χ0n) is 12.3. The highest BCUT2D eigenvalue weighted by Crippen LogP contribution is 2.41. The summed E-state index contributed by atoms with van der Waals surface area (Å²) in [5, 5.41) is 17.0. The van der Waals surface area contributed by atoms with Gasteiger partial charge in [-0.2, -0.15) is 0 Å². The van der Waals surface area contributed by atoms with Gasteiger partial charge in [0.2, 0.25) is 0 Å². The van der Waals surface area contributed by atoms with Crippen LogP contribution in [0.3, 0.4) is 0 Å². The van der Waals surface area contributed by atoms with Crippen molar-refractivity contribution >= 4 is 5.97 Å². The van der Waals surface area contributed by atoms with Gasteiger partial charge < -0.3 is 9.84 Å². The van der Waals surface area contributed by atoms with E-state index in [4.69, 9.17) is 9.84 Å². The third kappa shape index (κ3) is 3.43. The maximum atomic E-state index is 10.6. The summed E-state index contributed by atoms with van der Waals surface area (Å²) in [7, 11) is 0. The average molecular weight is 293 g/mol. The largest absolute Gasteiger partial charge is 0.481 e. The zero-order chi connectivity index (χ0) is 14.7. The molecule has 1 N–H and O–H groups in total. The van der Waals surface area contributed by atoms with E-state index in [1.54, 1.807) is 0 Å². The number of ether oxygens (including phenoxy) is 1. The third-order valence-electron chi connectivity index (χ3n) is 4.76. The van der Waals surface area contributed by atoms with Crippen LogP contribution < -0.4 is 0 Å². The number of hydrogen-bond donors (Lipinski definition) is 1.